The Labute approximate surface area is 178 Å². The van der Waals surface area contributed by atoms with Crippen molar-refractivity contribution >= 4 is 27.9 Å². The van der Waals surface area contributed by atoms with E-state index in [1.54, 1.807) is 17.0 Å². The average molecular weight is 463 g/mol. The minimum atomic E-state index is -0.992. The Morgan fingerprint density at radius 2 is 1.90 bits per heavy atom. The fraction of sp³-hybridized carbons (Fsp3) is 0.364. The van der Waals surface area contributed by atoms with E-state index >= 15 is 0 Å². The van der Waals surface area contributed by atoms with Crippen LogP contribution in [0.1, 0.15) is 49.8 Å². The molecule has 154 valence electrons. The quantitative estimate of drug-likeness (QED) is 0.625. The van der Waals surface area contributed by atoms with E-state index < -0.39 is 17.6 Å². The van der Waals surface area contributed by atoms with Gasteiger partial charge in [0.05, 0.1) is 6.04 Å². The molecule has 1 saturated heterocycles. The Bertz CT molecular complexity index is 873. The summed E-state index contributed by atoms with van der Waals surface area (Å²) in [5, 5.41) is 0. The van der Waals surface area contributed by atoms with Crippen LogP contribution in [0.5, 0.6) is 0 Å². The fourth-order valence-electron chi connectivity index (χ4n) is 3.88. The zero-order valence-electron chi connectivity index (χ0n) is 16.2. The van der Waals surface area contributed by atoms with Crippen molar-refractivity contribution in [1.29, 1.82) is 0 Å². The number of nitrogens with zero attached hydrogens (tertiary/aromatic N) is 1. The van der Waals surface area contributed by atoms with Gasteiger partial charge >= 0.3 is 6.09 Å². The van der Waals surface area contributed by atoms with Crippen molar-refractivity contribution in [2.24, 2.45) is 5.73 Å². The fourth-order valence-corrected chi connectivity index (χ4v) is 4.14. The third-order valence-electron chi connectivity index (χ3n) is 5.44. The molecular weight excluding hydrogens is 439 g/mol. The Hall–Kier alpha value is -2.41. The zero-order valence-corrected chi connectivity index (χ0v) is 17.8. The molecule has 29 heavy (non-hydrogen) atoms. The molecule has 5 nitrogen and oxygen atoms in total. The molecule has 1 heterocycles. The van der Waals surface area contributed by atoms with Gasteiger partial charge < -0.3 is 15.4 Å². The normalized spacial score (nSPS) is 20.2. The molecule has 7 heteroatoms. The lowest BCUT2D eigenvalue weighted by atomic mass is 9.84. The molecule has 2 aromatic rings. The van der Waals surface area contributed by atoms with Gasteiger partial charge in [-0.1, -0.05) is 47.1 Å². The van der Waals surface area contributed by atoms with Crippen LogP contribution in [0.3, 0.4) is 0 Å². The van der Waals surface area contributed by atoms with Crippen LogP contribution in [0.2, 0.25) is 0 Å². The van der Waals surface area contributed by atoms with Crippen molar-refractivity contribution in [1.82, 2.24) is 4.90 Å². The summed E-state index contributed by atoms with van der Waals surface area (Å²) in [6.07, 6.45) is 1.13. The standard InChI is InChI=1S/C22H24BrFN2O3/c1-2-19(15-3-7-17(23)8-4-15)26-14-13-22(29-21(26)28,12-11-20(25)27)16-5-9-18(24)10-6-16/h3-10,19H,2,11-14H2,1H3,(H2,25,27)/t19-,22-/m0/s1. The van der Waals surface area contributed by atoms with E-state index in [1.807, 2.05) is 31.2 Å². The van der Waals surface area contributed by atoms with Gasteiger partial charge in [0.1, 0.15) is 11.4 Å². The van der Waals surface area contributed by atoms with Crippen molar-refractivity contribution in [2.45, 2.75) is 44.2 Å². The number of hydrogen-bond acceptors (Lipinski definition) is 3. The summed E-state index contributed by atoms with van der Waals surface area (Å²) < 4.78 is 20.3. The second kappa shape index (κ2) is 8.95. The third-order valence-corrected chi connectivity index (χ3v) is 5.97. The lowest BCUT2D eigenvalue weighted by Crippen LogP contribution is -2.49. The molecule has 0 aromatic heterocycles. The van der Waals surface area contributed by atoms with Gasteiger partial charge in [0.15, 0.2) is 0 Å². The summed E-state index contributed by atoms with van der Waals surface area (Å²) in [4.78, 5) is 26.1. The number of cyclic esters (lactones) is 1. The molecule has 2 aromatic carbocycles. The summed E-state index contributed by atoms with van der Waals surface area (Å²) in [6, 6.07) is 13.6. The van der Waals surface area contributed by atoms with Gasteiger partial charge in [-0.25, -0.2) is 9.18 Å². The summed E-state index contributed by atoms with van der Waals surface area (Å²) >= 11 is 3.43. The molecule has 1 fully saturated rings. The van der Waals surface area contributed by atoms with Crippen LogP contribution in [-0.2, 0) is 15.1 Å². The topological polar surface area (TPSA) is 72.6 Å². The molecule has 0 spiro atoms. The highest BCUT2D eigenvalue weighted by molar-refractivity contribution is 9.10. The molecule has 0 saturated carbocycles. The minimum Gasteiger partial charge on any atom is -0.438 e. The van der Waals surface area contributed by atoms with Crippen LogP contribution in [0.25, 0.3) is 0 Å². The highest BCUT2D eigenvalue weighted by atomic mass is 79.9. The van der Waals surface area contributed by atoms with E-state index in [4.69, 9.17) is 10.5 Å². The maximum atomic E-state index is 13.4. The van der Waals surface area contributed by atoms with Gasteiger partial charge in [-0.3, -0.25) is 4.79 Å². The number of carbonyl (C=O) groups excluding carboxylic acids is 2. The number of primary amides is 1. The molecule has 1 aliphatic rings. The average Bonchev–Trinajstić information content (AvgIpc) is 2.70. The SMILES string of the molecule is CC[C@@H](c1ccc(Br)cc1)N1CC[C@@](CCC(N)=O)(c2ccc(F)cc2)OC1=O. The van der Waals surface area contributed by atoms with Crippen molar-refractivity contribution in [2.75, 3.05) is 6.54 Å². The summed E-state index contributed by atoms with van der Waals surface area (Å²) in [7, 11) is 0. The summed E-state index contributed by atoms with van der Waals surface area (Å²) in [6.45, 7) is 2.48. The molecule has 0 radical (unpaired) electrons. The van der Waals surface area contributed by atoms with Crippen LogP contribution in [-0.4, -0.2) is 23.4 Å². The highest BCUT2D eigenvalue weighted by Crippen LogP contribution is 2.41. The number of carbonyl (C=O) groups is 2. The molecular formula is C22H24BrFN2O3. The molecule has 0 aliphatic carbocycles. The van der Waals surface area contributed by atoms with Gasteiger partial charge in [0.25, 0.3) is 0 Å². The van der Waals surface area contributed by atoms with Crippen LogP contribution < -0.4 is 5.73 Å². The van der Waals surface area contributed by atoms with Gasteiger partial charge in [-0.2, -0.15) is 0 Å². The number of amides is 2. The summed E-state index contributed by atoms with van der Waals surface area (Å²) in [5.74, 6) is -0.838. The van der Waals surface area contributed by atoms with E-state index in [0.717, 1.165) is 16.5 Å². The summed E-state index contributed by atoms with van der Waals surface area (Å²) in [5.41, 5.74) is 6.04. The lowest BCUT2D eigenvalue weighted by molar-refractivity contribution is -0.121. The van der Waals surface area contributed by atoms with E-state index in [-0.39, 0.29) is 24.7 Å². The number of rotatable bonds is 7. The first kappa shape index (κ1) is 21.3. The Balaban J connectivity index is 1.86. The number of nitrogens with two attached hydrogens (primary N) is 1. The van der Waals surface area contributed by atoms with Crippen molar-refractivity contribution in [3.63, 3.8) is 0 Å². The monoisotopic (exact) mass is 462 g/mol. The van der Waals surface area contributed by atoms with E-state index in [9.17, 15) is 14.0 Å². The van der Waals surface area contributed by atoms with Crippen LogP contribution in [0, 0.1) is 5.82 Å². The molecule has 2 atom stereocenters. The second-order valence-electron chi connectivity index (χ2n) is 7.25. The molecule has 0 unspecified atom stereocenters. The lowest BCUT2D eigenvalue weighted by Gasteiger charge is -2.44. The third kappa shape index (κ3) is 4.78. The van der Waals surface area contributed by atoms with Crippen molar-refractivity contribution in [3.05, 3.63) is 69.9 Å². The minimum absolute atomic E-state index is 0.0780. The van der Waals surface area contributed by atoms with Gasteiger partial charge in [-0.15, -0.1) is 0 Å². The molecule has 3 rings (SSSR count). The number of ether oxygens (including phenoxy) is 1. The van der Waals surface area contributed by atoms with E-state index in [0.29, 0.717) is 18.5 Å². The van der Waals surface area contributed by atoms with Gasteiger partial charge in [0.2, 0.25) is 5.91 Å². The second-order valence-corrected chi connectivity index (χ2v) is 8.17. The first-order valence-electron chi connectivity index (χ1n) is 9.64. The first-order chi connectivity index (χ1) is 13.8. The first-order valence-corrected chi connectivity index (χ1v) is 10.4. The van der Waals surface area contributed by atoms with Crippen molar-refractivity contribution in [3.8, 4) is 0 Å². The van der Waals surface area contributed by atoms with Crippen LogP contribution >= 0.6 is 15.9 Å². The van der Waals surface area contributed by atoms with Crippen molar-refractivity contribution < 1.29 is 18.7 Å². The molecule has 0 bridgehead atoms. The smallest absolute Gasteiger partial charge is 0.411 e. The molecule has 1 aliphatic heterocycles. The number of hydrogen-bond donors (Lipinski definition) is 1. The van der Waals surface area contributed by atoms with E-state index in [1.165, 1.54) is 12.1 Å². The zero-order chi connectivity index (χ0) is 21.0. The number of benzene rings is 2. The van der Waals surface area contributed by atoms with E-state index in [2.05, 4.69) is 15.9 Å². The predicted octanol–water partition coefficient (Wildman–Crippen LogP) is 5.04. The largest absolute Gasteiger partial charge is 0.438 e. The highest BCUT2D eigenvalue weighted by Gasteiger charge is 2.44. The van der Waals surface area contributed by atoms with Crippen LogP contribution in [0.15, 0.2) is 53.0 Å². The van der Waals surface area contributed by atoms with Crippen LogP contribution in [0.4, 0.5) is 9.18 Å². The Morgan fingerprint density at radius 1 is 1.24 bits per heavy atom. The Kier molecular flexibility index (Phi) is 6.57. The van der Waals surface area contributed by atoms with Gasteiger partial charge in [-0.05, 0) is 41.8 Å². The Morgan fingerprint density at radius 3 is 2.45 bits per heavy atom. The maximum Gasteiger partial charge on any atom is 0.411 e. The predicted molar refractivity (Wildman–Crippen MR) is 111 cm³/mol. The maximum absolute atomic E-state index is 13.4. The molecule has 2 N–H and O–H groups in total. The van der Waals surface area contributed by atoms with Gasteiger partial charge in [0, 0.05) is 30.3 Å². The number of halogens is 2. The molecule has 2 amide bonds.